The van der Waals surface area contributed by atoms with E-state index >= 15 is 0 Å². The van der Waals surface area contributed by atoms with Gasteiger partial charge in [-0.25, -0.2) is 8.78 Å². The molecule has 0 aromatic heterocycles. The zero-order chi connectivity index (χ0) is 13.1. The van der Waals surface area contributed by atoms with Crippen LogP contribution < -0.4 is 5.32 Å². The molecule has 2 aromatic rings. The van der Waals surface area contributed by atoms with Crippen LogP contribution in [0.15, 0.2) is 42.5 Å². The predicted molar refractivity (Wildman–Crippen MR) is 68.7 cm³/mol. The smallest absolute Gasteiger partial charge is 0.159 e. The fourth-order valence-corrected chi connectivity index (χ4v) is 2.00. The van der Waals surface area contributed by atoms with Crippen LogP contribution in [0.1, 0.15) is 17.2 Å². The van der Waals surface area contributed by atoms with E-state index in [-0.39, 0.29) is 6.04 Å². The van der Waals surface area contributed by atoms with Crippen molar-refractivity contribution in [3.05, 3.63) is 70.2 Å². The summed E-state index contributed by atoms with van der Waals surface area (Å²) in [6.07, 6.45) is 0. The lowest BCUT2D eigenvalue weighted by atomic mass is 9.99. The van der Waals surface area contributed by atoms with Gasteiger partial charge in [0.2, 0.25) is 0 Å². The summed E-state index contributed by atoms with van der Waals surface area (Å²) in [5.74, 6) is -1.69. The van der Waals surface area contributed by atoms with E-state index in [1.807, 2.05) is 12.1 Å². The Hall–Kier alpha value is -1.45. The number of nitrogens with one attached hydrogen (secondary N) is 1. The average molecular weight is 268 g/mol. The van der Waals surface area contributed by atoms with Crippen molar-refractivity contribution in [2.45, 2.75) is 6.04 Å². The molecule has 0 heterocycles. The second kappa shape index (κ2) is 5.46. The normalized spacial score (nSPS) is 12.4. The standard InChI is InChI=1S/C14H12ClF2N/c1-18-14(9-2-5-11(15)6-3-9)10-4-7-12(16)13(17)8-10/h2-8,14,18H,1H3. The predicted octanol–water partition coefficient (Wildman–Crippen LogP) is 3.93. The fourth-order valence-electron chi connectivity index (χ4n) is 1.87. The molecule has 1 unspecified atom stereocenters. The van der Waals surface area contributed by atoms with Gasteiger partial charge in [0, 0.05) is 5.02 Å². The van der Waals surface area contributed by atoms with Gasteiger partial charge < -0.3 is 5.32 Å². The highest BCUT2D eigenvalue weighted by atomic mass is 35.5. The summed E-state index contributed by atoms with van der Waals surface area (Å²) in [6, 6.07) is 10.9. The van der Waals surface area contributed by atoms with Gasteiger partial charge in [0.15, 0.2) is 11.6 Å². The van der Waals surface area contributed by atoms with Crippen molar-refractivity contribution in [2.24, 2.45) is 0 Å². The van der Waals surface area contributed by atoms with Crippen LogP contribution >= 0.6 is 11.6 Å². The van der Waals surface area contributed by atoms with Crippen LogP contribution in [-0.4, -0.2) is 7.05 Å². The van der Waals surface area contributed by atoms with Crippen molar-refractivity contribution in [2.75, 3.05) is 7.05 Å². The molecule has 1 atom stereocenters. The van der Waals surface area contributed by atoms with Crippen LogP contribution in [-0.2, 0) is 0 Å². The minimum absolute atomic E-state index is 0.197. The molecule has 94 valence electrons. The Morgan fingerprint density at radius 1 is 0.944 bits per heavy atom. The van der Waals surface area contributed by atoms with Crippen molar-refractivity contribution in [1.82, 2.24) is 5.32 Å². The Bertz CT molecular complexity index is 540. The molecule has 0 bridgehead atoms. The summed E-state index contributed by atoms with van der Waals surface area (Å²) >= 11 is 5.82. The third-order valence-electron chi connectivity index (χ3n) is 2.77. The van der Waals surface area contributed by atoms with Gasteiger partial charge in [-0.2, -0.15) is 0 Å². The third kappa shape index (κ3) is 2.68. The maximum Gasteiger partial charge on any atom is 0.159 e. The SMILES string of the molecule is CNC(c1ccc(Cl)cc1)c1ccc(F)c(F)c1. The van der Waals surface area contributed by atoms with Crippen LogP contribution in [0.3, 0.4) is 0 Å². The van der Waals surface area contributed by atoms with Gasteiger partial charge in [0.1, 0.15) is 0 Å². The van der Waals surface area contributed by atoms with Crippen molar-refractivity contribution < 1.29 is 8.78 Å². The quantitative estimate of drug-likeness (QED) is 0.889. The van der Waals surface area contributed by atoms with E-state index in [4.69, 9.17) is 11.6 Å². The molecule has 0 aliphatic heterocycles. The Morgan fingerprint density at radius 3 is 2.11 bits per heavy atom. The lowest BCUT2D eigenvalue weighted by Crippen LogP contribution is -2.17. The summed E-state index contributed by atoms with van der Waals surface area (Å²) in [4.78, 5) is 0. The molecular weight excluding hydrogens is 256 g/mol. The van der Waals surface area contributed by atoms with E-state index in [0.717, 1.165) is 11.6 Å². The Kier molecular flexibility index (Phi) is 3.94. The molecule has 0 radical (unpaired) electrons. The van der Waals surface area contributed by atoms with Gasteiger partial charge in [-0.1, -0.05) is 29.8 Å². The van der Waals surface area contributed by atoms with Crippen molar-refractivity contribution in [3.63, 3.8) is 0 Å². The first-order valence-corrected chi connectivity index (χ1v) is 5.87. The van der Waals surface area contributed by atoms with Gasteiger partial charge in [-0.3, -0.25) is 0 Å². The largest absolute Gasteiger partial charge is 0.309 e. The van der Waals surface area contributed by atoms with E-state index in [9.17, 15) is 8.78 Å². The molecular formula is C14H12ClF2N. The Labute approximate surface area is 109 Å². The third-order valence-corrected chi connectivity index (χ3v) is 3.02. The average Bonchev–Trinajstić information content (AvgIpc) is 2.37. The van der Waals surface area contributed by atoms with E-state index in [1.54, 1.807) is 25.2 Å². The summed E-state index contributed by atoms with van der Waals surface area (Å²) in [5.41, 5.74) is 1.60. The summed E-state index contributed by atoms with van der Waals surface area (Å²) in [5, 5.41) is 3.71. The van der Waals surface area contributed by atoms with E-state index in [1.165, 1.54) is 6.07 Å². The number of hydrogen-bond acceptors (Lipinski definition) is 1. The molecule has 0 spiro atoms. The topological polar surface area (TPSA) is 12.0 Å². The molecule has 4 heteroatoms. The van der Waals surface area contributed by atoms with Gasteiger partial charge in [-0.05, 0) is 42.4 Å². The molecule has 2 rings (SSSR count). The lowest BCUT2D eigenvalue weighted by Gasteiger charge is -2.17. The molecule has 0 aliphatic carbocycles. The second-order valence-corrected chi connectivity index (χ2v) is 4.38. The first-order chi connectivity index (χ1) is 8.61. The zero-order valence-corrected chi connectivity index (χ0v) is 10.5. The highest BCUT2D eigenvalue weighted by molar-refractivity contribution is 6.30. The molecule has 0 aliphatic rings. The molecule has 2 aromatic carbocycles. The molecule has 1 nitrogen and oxygen atoms in total. The number of rotatable bonds is 3. The van der Waals surface area contributed by atoms with Crippen molar-refractivity contribution >= 4 is 11.6 Å². The monoisotopic (exact) mass is 267 g/mol. The zero-order valence-electron chi connectivity index (χ0n) is 9.75. The first kappa shape index (κ1) is 13.0. The number of hydrogen-bond donors (Lipinski definition) is 1. The summed E-state index contributed by atoms with van der Waals surface area (Å²) in [6.45, 7) is 0. The second-order valence-electron chi connectivity index (χ2n) is 3.95. The van der Waals surface area contributed by atoms with Crippen molar-refractivity contribution in [1.29, 1.82) is 0 Å². The first-order valence-electron chi connectivity index (χ1n) is 5.49. The minimum atomic E-state index is -0.846. The van der Waals surface area contributed by atoms with E-state index in [0.29, 0.717) is 10.6 Å². The van der Waals surface area contributed by atoms with Gasteiger partial charge >= 0.3 is 0 Å². The highest BCUT2D eigenvalue weighted by Crippen LogP contribution is 2.24. The molecule has 0 saturated carbocycles. The number of benzene rings is 2. The minimum Gasteiger partial charge on any atom is -0.309 e. The molecule has 18 heavy (non-hydrogen) atoms. The maximum atomic E-state index is 13.2. The van der Waals surface area contributed by atoms with E-state index in [2.05, 4.69) is 5.32 Å². The molecule has 0 fully saturated rings. The van der Waals surface area contributed by atoms with Crippen molar-refractivity contribution in [3.8, 4) is 0 Å². The highest BCUT2D eigenvalue weighted by Gasteiger charge is 2.13. The lowest BCUT2D eigenvalue weighted by molar-refractivity contribution is 0.505. The van der Waals surface area contributed by atoms with Crippen LogP contribution in [0, 0.1) is 11.6 Å². The van der Waals surface area contributed by atoms with Gasteiger partial charge in [0.25, 0.3) is 0 Å². The summed E-state index contributed by atoms with van der Waals surface area (Å²) in [7, 11) is 1.76. The van der Waals surface area contributed by atoms with Crippen LogP contribution in [0.5, 0.6) is 0 Å². The Morgan fingerprint density at radius 2 is 1.56 bits per heavy atom. The van der Waals surface area contributed by atoms with Crippen LogP contribution in [0.4, 0.5) is 8.78 Å². The van der Waals surface area contributed by atoms with Gasteiger partial charge in [0.05, 0.1) is 6.04 Å². The van der Waals surface area contributed by atoms with Gasteiger partial charge in [-0.15, -0.1) is 0 Å². The number of halogens is 3. The van der Waals surface area contributed by atoms with Crippen LogP contribution in [0.2, 0.25) is 5.02 Å². The Balaban J connectivity index is 2.38. The van der Waals surface area contributed by atoms with Crippen LogP contribution in [0.25, 0.3) is 0 Å². The molecule has 0 saturated heterocycles. The fraction of sp³-hybridized carbons (Fsp3) is 0.143. The summed E-state index contributed by atoms with van der Waals surface area (Å²) < 4.78 is 26.1. The molecule has 0 amide bonds. The maximum absolute atomic E-state index is 13.2. The van der Waals surface area contributed by atoms with E-state index < -0.39 is 11.6 Å². The molecule has 1 N–H and O–H groups in total.